The number of halogens is 3. The van der Waals surface area contributed by atoms with Crippen LogP contribution in [0.3, 0.4) is 0 Å². The number of aryl methyl sites for hydroxylation is 1. The van der Waals surface area contributed by atoms with Crippen molar-refractivity contribution in [1.29, 1.82) is 10.5 Å². The third kappa shape index (κ3) is 4.82. The Morgan fingerprint density at radius 3 is 2.52 bits per heavy atom. The van der Waals surface area contributed by atoms with E-state index in [0.29, 0.717) is 30.5 Å². The number of nitrogens with zero attached hydrogens (tertiary/aromatic N) is 4. The topological polar surface area (TPSA) is 91.4 Å². The molecule has 0 bridgehead atoms. The van der Waals surface area contributed by atoms with Crippen molar-refractivity contribution < 1.29 is 13.2 Å². The minimum atomic E-state index is -4.57. The molecule has 0 amide bonds. The highest BCUT2D eigenvalue weighted by molar-refractivity contribution is 5.42. The molecule has 1 unspecified atom stereocenters. The lowest BCUT2D eigenvalue weighted by Crippen LogP contribution is -2.41. The molecule has 1 heterocycles. The van der Waals surface area contributed by atoms with Crippen molar-refractivity contribution >= 4 is 0 Å². The molecule has 0 radical (unpaired) electrons. The lowest BCUT2D eigenvalue weighted by Gasteiger charge is -2.24. The van der Waals surface area contributed by atoms with E-state index in [1.807, 2.05) is 6.07 Å². The predicted octanol–water partition coefficient (Wildman–Crippen LogP) is 3.00. The summed E-state index contributed by atoms with van der Waals surface area (Å²) in [5, 5.41) is 21.6. The molecular weight excluding hydrogens is 331 g/mol. The number of nitriles is 2. The van der Waals surface area contributed by atoms with Gasteiger partial charge in [0.2, 0.25) is 0 Å². The van der Waals surface area contributed by atoms with Gasteiger partial charge in [0.05, 0.1) is 35.5 Å². The maximum Gasteiger partial charge on any atom is 0.417 e. The lowest BCUT2D eigenvalue weighted by atomic mass is 9.93. The Hall–Kier alpha value is -2.84. The van der Waals surface area contributed by atoms with Crippen LogP contribution < -0.4 is 5.73 Å². The number of nitrogens with two attached hydrogens (primary N) is 1. The van der Waals surface area contributed by atoms with Gasteiger partial charge in [0.25, 0.3) is 0 Å². The second-order valence-corrected chi connectivity index (χ2v) is 6.18. The first-order chi connectivity index (χ1) is 11.6. The van der Waals surface area contributed by atoms with Crippen molar-refractivity contribution in [3.63, 3.8) is 0 Å². The van der Waals surface area contributed by atoms with Crippen LogP contribution in [0, 0.1) is 22.7 Å². The Kier molecular flexibility index (Phi) is 5.15. The van der Waals surface area contributed by atoms with Crippen molar-refractivity contribution in [3.05, 3.63) is 52.8 Å². The Bertz CT molecular complexity index is 837. The van der Waals surface area contributed by atoms with Crippen LogP contribution in [0.25, 0.3) is 0 Å². The average Bonchev–Trinajstić information content (AvgIpc) is 2.98. The SMILES string of the molecule is CC(N)(CCc1ccc(C#N)c(C(F)(F)F)c1)Cn1cc(C#N)cn1. The Balaban J connectivity index is 2.09. The lowest BCUT2D eigenvalue weighted by molar-refractivity contribution is -0.137. The number of rotatable bonds is 5. The molecule has 2 rings (SSSR count). The largest absolute Gasteiger partial charge is 0.417 e. The molecule has 1 aromatic heterocycles. The Morgan fingerprint density at radius 1 is 1.24 bits per heavy atom. The summed E-state index contributed by atoms with van der Waals surface area (Å²) in [7, 11) is 0. The van der Waals surface area contributed by atoms with Crippen molar-refractivity contribution in [2.45, 2.75) is 38.0 Å². The van der Waals surface area contributed by atoms with E-state index in [1.54, 1.807) is 23.9 Å². The van der Waals surface area contributed by atoms with Gasteiger partial charge in [0, 0.05) is 11.7 Å². The van der Waals surface area contributed by atoms with E-state index in [-0.39, 0.29) is 0 Å². The standard InChI is InChI=1S/C17H16F3N5/c1-16(23,11-25-10-13(7-21)9-24-25)5-4-12-2-3-14(8-22)15(6-12)17(18,19)20/h2-3,6,9-10H,4-5,11,23H2,1H3. The molecule has 0 aliphatic carbocycles. The molecule has 130 valence electrons. The molecule has 0 spiro atoms. The summed E-state index contributed by atoms with van der Waals surface area (Å²) < 4.78 is 40.5. The first kappa shape index (κ1) is 18.5. The minimum Gasteiger partial charge on any atom is -0.324 e. The van der Waals surface area contributed by atoms with Gasteiger partial charge < -0.3 is 5.73 Å². The Labute approximate surface area is 143 Å². The number of hydrogen-bond donors (Lipinski definition) is 1. The van der Waals surface area contributed by atoms with Crippen molar-refractivity contribution in [3.8, 4) is 12.1 Å². The molecule has 2 N–H and O–H groups in total. The van der Waals surface area contributed by atoms with Crippen LogP contribution in [0.4, 0.5) is 13.2 Å². The van der Waals surface area contributed by atoms with Crippen LogP contribution in [0.15, 0.2) is 30.6 Å². The van der Waals surface area contributed by atoms with Crippen LogP contribution in [0.2, 0.25) is 0 Å². The summed E-state index contributed by atoms with van der Waals surface area (Å²) in [6, 6.07) is 7.21. The number of alkyl halides is 3. The first-order valence-corrected chi connectivity index (χ1v) is 7.46. The number of aromatic nitrogens is 2. The molecule has 2 aromatic rings. The van der Waals surface area contributed by atoms with Gasteiger partial charge in [-0.05, 0) is 37.5 Å². The van der Waals surface area contributed by atoms with Gasteiger partial charge in [-0.25, -0.2) is 0 Å². The molecule has 0 saturated carbocycles. The molecule has 0 saturated heterocycles. The molecular formula is C17H16F3N5. The van der Waals surface area contributed by atoms with E-state index in [0.717, 1.165) is 6.07 Å². The Morgan fingerprint density at radius 2 is 1.96 bits per heavy atom. The molecule has 8 heteroatoms. The highest BCUT2D eigenvalue weighted by atomic mass is 19.4. The van der Waals surface area contributed by atoms with Gasteiger partial charge in [-0.15, -0.1) is 0 Å². The van der Waals surface area contributed by atoms with E-state index >= 15 is 0 Å². The fourth-order valence-electron chi connectivity index (χ4n) is 2.47. The zero-order chi connectivity index (χ0) is 18.7. The average molecular weight is 347 g/mol. The highest BCUT2D eigenvalue weighted by Gasteiger charge is 2.33. The summed E-state index contributed by atoms with van der Waals surface area (Å²) in [5.74, 6) is 0. The quantitative estimate of drug-likeness (QED) is 0.900. The fraction of sp³-hybridized carbons (Fsp3) is 0.353. The monoisotopic (exact) mass is 347 g/mol. The summed E-state index contributed by atoms with van der Waals surface area (Å²) >= 11 is 0. The van der Waals surface area contributed by atoms with Gasteiger partial charge in [-0.2, -0.15) is 28.8 Å². The van der Waals surface area contributed by atoms with Gasteiger partial charge in [0.1, 0.15) is 6.07 Å². The number of hydrogen-bond acceptors (Lipinski definition) is 4. The third-order valence-electron chi connectivity index (χ3n) is 3.78. The van der Waals surface area contributed by atoms with E-state index in [9.17, 15) is 13.2 Å². The minimum absolute atomic E-state index is 0.328. The smallest absolute Gasteiger partial charge is 0.324 e. The second-order valence-electron chi connectivity index (χ2n) is 6.18. The van der Waals surface area contributed by atoms with Crippen LogP contribution >= 0.6 is 0 Å². The van der Waals surface area contributed by atoms with E-state index in [1.165, 1.54) is 18.3 Å². The van der Waals surface area contributed by atoms with E-state index in [2.05, 4.69) is 5.10 Å². The normalized spacial score (nSPS) is 13.7. The van der Waals surface area contributed by atoms with Gasteiger partial charge in [-0.1, -0.05) is 6.07 Å². The van der Waals surface area contributed by atoms with Gasteiger partial charge >= 0.3 is 6.18 Å². The van der Waals surface area contributed by atoms with Crippen molar-refractivity contribution in [1.82, 2.24) is 9.78 Å². The summed E-state index contributed by atoms with van der Waals surface area (Å²) in [5.41, 5.74) is 5.04. The fourth-order valence-corrected chi connectivity index (χ4v) is 2.47. The van der Waals surface area contributed by atoms with Crippen LogP contribution in [0.5, 0.6) is 0 Å². The maximum absolute atomic E-state index is 13.0. The molecule has 0 aliphatic rings. The van der Waals surface area contributed by atoms with Gasteiger partial charge in [-0.3, -0.25) is 4.68 Å². The third-order valence-corrected chi connectivity index (χ3v) is 3.78. The zero-order valence-electron chi connectivity index (χ0n) is 13.5. The maximum atomic E-state index is 13.0. The summed E-state index contributed by atoms with van der Waals surface area (Å²) in [4.78, 5) is 0. The second kappa shape index (κ2) is 6.96. The highest BCUT2D eigenvalue weighted by Crippen LogP contribution is 2.32. The molecule has 1 aromatic carbocycles. The first-order valence-electron chi connectivity index (χ1n) is 7.46. The molecule has 0 aliphatic heterocycles. The molecule has 25 heavy (non-hydrogen) atoms. The van der Waals surface area contributed by atoms with Crippen LogP contribution in [-0.4, -0.2) is 15.3 Å². The predicted molar refractivity (Wildman–Crippen MR) is 84.0 cm³/mol. The summed E-state index contributed by atoms with van der Waals surface area (Å²) in [6.07, 6.45) is -0.844. The number of benzene rings is 1. The van der Waals surface area contributed by atoms with Gasteiger partial charge in [0.15, 0.2) is 0 Å². The molecule has 5 nitrogen and oxygen atoms in total. The zero-order valence-corrected chi connectivity index (χ0v) is 13.5. The molecule has 1 atom stereocenters. The van der Waals surface area contributed by atoms with Crippen LogP contribution in [0.1, 0.15) is 35.6 Å². The van der Waals surface area contributed by atoms with E-state index in [4.69, 9.17) is 16.3 Å². The summed E-state index contributed by atoms with van der Waals surface area (Å²) in [6.45, 7) is 2.10. The molecule has 0 fully saturated rings. The van der Waals surface area contributed by atoms with Crippen LogP contribution in [-0.2, 0) is 19.1 Å². The van der Waals surface area contributed by atoms with Crippen molar-refractivity contribution in [2.75, 3.05) is 0 Å². The van der Waals surface area contributed by atoms with E-state index < -0.39 is 22.8 Å². The van der Waals surface area contributed by atoms with Crippen molar-refractivity contribution in [2.24, 2.45) is 5.73 Å².